The molecule has 0 aliphatic carbocycles. The number of carboxylic acids is 1. The van der Waals surface area contributed by atoms with Gasteiger partial charge in [-0.25, -0.2) is 9.59 Å². The van der Waals surface area contributed by atoms with Crippen LogP contribution in [0.2, 0.25) is 0 Å². The Morgan fingerprint density at radius 3 is 2.44 bits per heavy atom. The van der Waals surface area contributed by atoms with E-state index in [2.05, 4.69) is 12.2 Å². The van der Waals surface area contributed by atoms with Crippen LogP contribution in [0.25, 0.3) is 0 Å². The van der Waals surface area contributed by atoms with Gasteiger partial charge in [-0.2, -0.15) is 0 Å². The summed E-state index contributed by atoms with van der Waals surface area (Å²) >= 11 is 0. The van der Waals surface area contributed by atoms with Crippen LogP contribution in [0, 0.1) is 5.92 Å². The Morgan fingerprint density at radius 2 is 2.00 bits per heavy atom. The smallest absolute Gasteiger partial charge is 0.326 e. The fourth-order valence-corrected chi connectivity index (χ4v) is 2.56. The molecule has 0 spiro atoms. The molecule has 2 N–H and O–H groups in total. The lowest BCUT2D eigenvalue weighted by molar-refractivity contribution is -0.140. The van der Waals surface area contributed by atoms with Gasteiger partial charge in [0.2, 0.25) is 0 Å². The molecule has 1 saturated heterocycles. The third-order valence-corrected chi connectivity index (χ3v) is 3.70. The van der Waals surface area contributed by atoms with Gasteiger partial charge in [-0.05, 0) is 32.1 Å². The van der Waals surface area contributed by atoms with Crippen molar-refractivity contribution in [3.63, 3.8) is 0 Å². The zero-order valence-corrected chi connectivity index (χ0v) is 11.6. The first-order valence-electron chi connectivity index (χ1n) is 6.70. The molecule has 0 aromatic carbocycles. The first kappa shape index (κ1) is 14.8. The van der Waals surface area contributed by atoms with E-state index in [4.69, 9.17) is 5.11 Å². The summed E-state index contributed by atoms with van der Waals surface area (Å²) in [5.74, 6) is -1.09. The molecule has 2 amide bonds. The monoisotopic (exact) mass is 256 g/mol. The summed E-state index contributed by atoms with van der Waals surface area (Å²) in [6.45, 7) is 7.66. The van der Waals surface area contributed by atoms with E-state index >= 15 is 0 Å². The zero-order valence-electron chi connectivity index (χ0n) is 11.6. The highest BCUT2D eigenvalue weighted by Gasteiger charge is 2.35. The van der Waals surface area contributed by atoms with Crippen LogP contribution in [0.5, 0.6) is 0 Å². The second-order valence-electron chi connectivity index (χ2n) is 5.41. The van der Waals surface area contributed by atoms with Gasteiger partial charge in [0.1, 0.15) is 6.04 Å². The van der Waals surface area contributed by atoms with Crippen molar-refractivity contribution in [2.24, 2.45) is 5.92 Å². The summed E-state index contributed by atoms with van der Waals surface area (Å²) in [6.07, 6.45) is 2.91. The molecule has 104 valence electrons. The summed E-state index contributed by atoms with van der Waals surface area (Å²) in [4.78, 5) is 25.1. The van der Waals surface area contributed by atoms with E-state index in [9.17, 15) is 9.59 Å². The molecule has 0 saturated carbocycles. The molecule has 3 atom stereocenters. The van der Waals surface area contributed by atoms with E-state index in [1.54, 1.807) is 18.7 Å². The van der Waals surface area contributed by atoms with E-state index in [1.165, 1.54) is 0 Å². The molecule has 0 radical (unpaired) electrons. The van der Waals surface area contributed by atoms with Crippen LogP contribution in [-0.4, -0.2) is 40.1 Å². The van der Waals surface area contributed by atoms with Gasteiger partial charge in [-0.3, -0.25) is 0 Å². The SMILES string of the molecule is CCC1CCC(C)N1C(=O)NC(C(=O)O)C(C)C. The third kappa shape index (κ3) is 3.15. The van der Waals surface area contributed by atoms with Crippen molar-refractivity contribution < 1.29 is 14.7 Å². The number of nitrogens with one attached hydrogen (secondary N) is 1. The number of urea groups is 1. The number of aliphatic carboxylic acids is 1. The summed E-state index contributed by atoms with van der Waals surface area (Å²) in [5, 5.41) is 11.7. The lowest BCUT2D eigenvalue weighted by atomic mass is 10.1. The van der Waals surface area contributed by atoms with Crippen molar-refractivity contribution in [1.29, 1.82) is 0 Å². The molecule has 1 heterocycles. The van der Waals surface area contributed by atoms with Crippen molar-refractivity contribution in [2.45, 2.75) is 65.1 Å². The molecule has 1 aliphatic rings. The highest BCUT2D eigenvalue weighted by Crippen LogP contribution is 2.26. The number of hydrogen-bond acceptors (Lipinski definition) is 2. The van der Waals surface area contributed by atoms with Crippen molar-refractivity contribution in [2.75, 3.05) is 0 Å². The van der Waals surface area contributed by atoms with Crippen molar-refractivity contribution >= 4 is 12.0 Å². The second kappa shape index (κ2) is 6.07. The average Bonchev–Trinajstić information content (AvgIpc) is 2.66. The molecule has 5 heteroatoms. The first-order chi connectivity index (χ1) is 8.38. The van der Waals surface area contributed by atoms with E-state index in [0.717, 1.165) is 19.3 Å². The van der Waals surface area contributed by atoms with Crippen LogP contribution in [0.15, 0.2) is 0 Å². The Balaban J connectivity index is 2.71. The van der Waals surface area contributed by atoms with E-state index in [1.807, 2.05) is 6.92 Å². The molecule has 1 fully saturated rings. The lowest BCUT2D eigenvalue weighted by Crippen LogP contribution is -2.53. The Kier molecular flexibility index (Phi) is 4.99. The number of carbonyl (C=O) groups is 2. The predicted octanol–water partition coefficient (Wildman–Crippen LogP) is 2.07. The number of nitrogens with zero attached hydrogens (tertiary/aromatic N) is 1. The molecular formula is C13H24N2O3. The highest BCUT2D eigenvalue weighted by atomic mass is 16.4. The average molecular weight is 256 g/mol. The predicted molar refractivity (Wildman–Crippen MR) is 69.4 cm³/mol. The van der Waals surface area contributed by atoms with E-state index in [0.29, 0.717) is 0 Å². The fraction of sp³-hybridized carbons (Fsp3) is 0.846. The van der Waals surface area contributed by atoms with Crippen molar-refractivity contribution in [3.8, 4) is 0 Å². The Bertz CT molecular complexity index is 317. The number of carbonyl (C=O) groups excluding carboxylic acids is 1. The normalized spacial score (nSPS) is 25.3. The molecule has 5 nitrogen and oxygen atoms in total. The third-order valence-electron chi connectivity index (χ3n) is 3.70. The maximum Gasteiger partial charge on any atom is 0.326 e. The van der Waals surface area contributed by atoms with E-state index < -0.39 is 12.0 Å². The highest BCUT2D eigenvalue weighted by molar-refractivity contribution is 5.83. The first-order valence-corrected chi connectivity index (χ1v) is 6.70. The van der Waals surface area contributed by atoms with Gasteiger partial charge in [0, 0.05) is 12.1 Å². The van der Waals surface area contributed by atoms with Crippen molar-refractivity contribution in [1.82, 2.24) is 10.2 Å². The molecule has 0 bridgehead atoms. The number of rotatable bonds is 4. The van der Waals surface area contributed by atoms with Crippen LogP contribution < -0.4 is 5.32 Å². The summed E-state index contributed by atoms with van der Waals surface area (Å²) in [7, 11) is 0. The Labute approximate surface area is 109 Å². The molecular weight excluding hydrogens is 232 g/mol. The minimum atomic E-state index is -0.974. The summed E-state index contributed by atoms with van der Waals surface area (Å²) in [6, 6.07) is -0.631. The maximum absolute atomic E-state index is 12.2. The molecule has 18 heavy (non-hydrogen) atoms. The lowest BCUT2D eigenvalue weighted by Gasteiger charge is -2.30. The summed E-state index contributed by atoms with van der Waals surface area (Å²) in [5.41, 5.74) is 0. The second-order valence-corrected chi connectivity index (χ2v) is 5.41. The number of amides is 2. The van der Waals surface area contributed by atoms with Gasteiger partial charge < -0.3 is 15.3 Å². The number of carboxylic acid groups (broad SMARTS) is 1. The molecule has 0 aromatic heterocycles. The van der Waals surface area contributed by atoms with Crippen molar-refractivity contribution in [3.05, 3.63) is 0 Å². The number of likely N-dealkylation sites (tertiary alicyclic amines) is 1. The van der Waals surface area contributed by atoms with Crippen LogP contribution in [0.3, 0.4) is 0 Å². The van der Waals surface area contributed by atoms with Crippen LogP contribution in [0.1, 0.15) is 47.0 Å². The molecule has 0 aromatic rings. The quantitative estimate of drug-likeness (QED) is 0.809. The Morgan fingerprint density at radius 1 is 1.39 bits per heavy atom. The van der Waals surface area contributed by atoms with Crippen LogP contribution >= 0.6 is 0 Å². The maximum atomic E-state index is 12.2. The van der Waals surface area contributed by atoms with Crippen LogP contribution in [-0.2, 0) is 4.79 Å². The topological polar surface area (TPSA) is 69.6 Å². The largest absolute Gasteiger partial charge is 0.480 e. The summed E-state index contributed by atoms with van der Waals surface area (Å²) < 4.78 is 0. The standard InChI is InChI=1S/C13H24N2O3/c1-5-10-7-6-9(4)15(10)13(18)14-11(8(2)3)12(16)17/h8-11H,5-7H2,1-4H3,(H,14,18)(H,16,17). The van der Waals surface area contributed by atoms with Gasteiger partial charge in [0.25, 0.3) is 0 Å². The number of hydrogen-bond donors (Lipinski definition) is 2. The van der Waals surface area contributed by atoms with Gasteiger partial charge in [-0.15, -0.1) is 0 Å². The van der Waals surface area contributed by atoms with Gasteiger partial charge in [0.05, 0.1) is 0 Å². The van der Waals surface area contributed by atoms with Gasteiger partial charge >= 0.3 is 12.0 Å². The minimum absolute atomic E-state index is 0.121. The molecule has 1 rings (SSSR count). The minimum Gasteiger partial charge on any atom is -0.480 e. The fourth-order valence-electron chi connectivity index (χ4n) is 2.56. The zero-order chi connectivity index (χ0) is 13.9. The Hall–Kier alpha value is -1.26. The van der Waals surface area contributed by atoms with Gasteiger partial charge in [0.15, 0.2) is 0 Å². The van der Waals surface area contributed by atoms with Gasteiger partial charge in [-0.1, -0.05) is 20.8 Å². The van der Waals surface area contributed by atoms with Crippen LogP contribution in [0.4, 0.5) is 4.79 Å². The molecule has 3 unspecified atom stereocenters. The van der Waals surface area contributed by atoms with E-state index in [-0.39, 0.29) is 24.0 Å². The molecule has 1 aliphatic heterocycles.